The minimum absolute atomic E-state index is 0.00648. The number of hydrogen-bond acceptors (Lipinski definition) is 5. The molecule has 0 unspecified atom stereocenters. The van der Waals surface area contributed by atoms with Crippen molar-refractivity contribution in [2.45, 2.75) is 52.7 Å². The molecule has 0 N–H and O–H groups in total. The summed E-state index contributed by atoms with van der Waals surface area (Å²) in [5.41, 5.74) is 3.45. The van der Waals surface area contributed by atoms with E-state index in [0.717, 1.165) is 76.3 Å². The summed E-state index contributed by atoms with van der Waals surface area (Å²) in [4.78, 5) is 30.5. The van der Waals surface area contributed by atoms with Gasteiger partial charge < -0.3 is 14.4 Å². The summed E-state index contributed by atoms with van der Waals surface area (Å²) in [6.45, 7) is 9.86. The molecular weight excluding hydrogens is 512 g/mol. The lowest BCUT2D eigenvalue weighted by molar-refractivity contribution is 0.0283. The summed E-state index contributed by atoms with van der Waals surface area (Å²) in [6, 6.07) is 24.9. The van der Waals surface area contributed by atoms with Crippen molar-refractivity contribution in [3.63, 3.8) is 0 Å². The highest BCUT2D eigenvalue weighted by Gasteiger charge is 2.38. The molecule has 1 spiro atoms. The highest BCUT2D eigenvalue weighted by Crippen LogP contribution is 2.42. The average molecular weight is 555 g/mol. The Morgan fingerprint density at radius 2 is 1.46 bits per heavy atom. The van der Waals surface area contributed by atoms with Gasteiger partial charge in [-0.25, -0.2) is 4.79 Å². The molecule has 3 aromatic rings. The maximum absolute atomic E-state index is 13.4. The number of amides is 1. The van der Waals surface area contributed by atoms with Gasteiger partial charge in [0.25, 0.3) is 5.91 Å². The van der Waals surface area contributed by atoms with Crippen LogP contribution in [-0.4, -0.2) is 54.5 Å². The third-order valence-electron chi connectivity index (χ3n) is 8.52. The molecule has 2 saturated heterocycles. The first-order valence-electron chi connectivity index (χ1n) is 14.9. The van der Waals surface area contributed by atoms with E-state index in [1.165, 1.54) is 5.56 Å². The van der Waals surface area contributed by atoms with Crippen LogP contribution in [-0.2, 0) is 17.9 Å². The lowest BCUT2D eigenvalue weighted by Gasteiger charge is -2.47. The normalized spacial score (nSPS) is 17.0. The van der Waals surface area contributed by atoms with Crippen LogP contribution in [0.2, 0.25) is 0 Å². The minimum Gasteiger partial charge on any atom is -0.493 e. The molecule has 6 heteroatoms. The van der Waals surface area contributed by atoms with Crippen LogP contribution >= 0.6 is 0 Å². The van der Waals surface area contributed by atoms with Crippen LogP contribution in [0.3, 0.4) is 0 Å². The molecule has 6 nitrogen and oxygen atoms in total. The Bertz CT molecular complexity index is 1300. The fourth-order valence-electron chi connectivity index (χ4n) is 5.91. The zero-order valence-corrected chi connectivity index (χ0v) is 24.4. The van der Waals surface area contributed by atoms with E-state index in [2.05, 4.69) is 36.9 Å². The Labute approximate surface area is 244 Å². The van der Waals surface area contributed by atoms with Gasteiger partial charge in [0.2, 0.25) is 0 Å². The highest BCUT2D eigenvalue weighted by molar-refractivity contribution is 5.98. The van der Waals surface area contributed by atoms with Gasteiger partial charge >= 0.3 is 5.97 Å². The first-order valence-corrected chi connectivity index (χ1v) is 14.9. The Morgan fingerprint density at radius 1 is 0.805 bits per heavy atom. The molecule has 2 aliphatic rings. The molecular formula is C35H42N2O4. The number of rotatable bonds is 9. The van der Waals surface area contributed by atoms with Crippen LogP contribution in [0.15, 0.2) is 78.9 Å². The van der Waals surface area contributed by atoms with E-state index in [1.807, 2.05) is 41.3 Å². The van der Waals surface area contributed by atoms with E-state index in [1.54, 1.807) is 24.3 Å². The number of likely N-dealkylation sites (tertiary alicyclic amines) is 2. The largest absolute Gasteiger partial charge is 0.493 e. The van der Waals surface area contributed by atoms with Crippen molar-refractivity contribution in [2.75, 3.05) is 32.8 Å². The van der Waals surface area contributed by atoms with E-state index >= 15 is 0 Å². The molecule has 2 aliphatic heterocycles. The molecule has 5 rings (SSSR count). The highest BCUT2D eigenvalue weighted by atomic mass is 16.5. The average Bonchev–Trinajstić information content (AvgIpc) is 3.01. The maximum atomic E-state index is 13.4. The standard InChI is InChI=1S/C35H42N2O4/c1-27(2)25-40-32-14-7-6-11-31(32)24-36-19-15-35(16-20-36)17-21-37(22-18-35)33(38)29-12-8-13-30(23-29)34(39)41-26-28-9-4-3-5-10-28/h3-14,23,27H,15-22,24-26H2,1-2H3. The first-order chi connectivity index (χ1) is 19.9. The predicted octanol–water partition coefficient (Wildman–Crippen LogP) is 6.60. The molecule has 41 heavy (non-hydrogen) atoms. The second kappa shape index (κ2) is 13.3. The fraction of sp³-hybridized carbons (Fsp3) is 0.429. The topological polar surface area (TPSA) is 59.1 Å². The summed E-state index contributed by atoms with van der Waals surface area (Å²) < 4.78 is 11.6. The maximum Gasteiger partial charge on any atom is 0.338 e. The quantitative estimate of drug-likeness (QED) is 0.279. The number of carbonyl (C=O) groups excluding carboxylic acids is 2. The number of esters is 1. The van der Waals surface area contributed by atoms with Crippen LogP contribution in [0, 0.1) is 11.3 Å². The molecule has 0 radical (unpaired) electrons. The number of piperidine rings is 2. The van der Waals surface area contributed by atoms with E-state index in [-0.39, 0.29) is 12.5 Å². The van der Waals surface area contributed by atoms with Crippen molar-refractivity contribution >= 4 is 11.9 Å². The van der Waals surface area contributed by atoms with Gasteiger partial charge in [-0.2, -0.15) is 0 Å². The van der Waals surface area contributed by atoms with E-state index < -0.39 is 5.97 Å². The molecule has 2 fully saturated rings. The van der Waals surface area contributed by atoms with Crippen LogP contribution in [0.1, 0.15) is 71.4 Å². The molecule has 0 atom stereocenters. The van der Waals surface area contributed by atoms with Crippen LogP contribution in [0.25, 0.3) is 0 Å². The van der Waals surface area contributed by atoms with Crippen LogP contribution in [0.5, 0.6) is 5.75 Å². The second-order valence-corrected chi connectivity index (χ2v) is 12.0. The van der Waals surface area contributed by atoms with Crippen molar-refractivity contribution in [2.24, 2.45) is 11.3 Å². The first kappa shape index (κ1) is 28.9. The summed E-state index contributed by atoms with van der Waals surface area (Å²) >= 11 is 0. The minimum atomic E-state index is -0.415. The Hall–Kier alpha value is -3.64. The van der Waals surface area contributed by atoms with Gasteiger partial charge in [0.15, 0.2) is 0 Å². The molecule has 3 aromatic carbocycles. The van der Waals surface area contributed by atoms with Gasteiger partial charge in [-0.3, -0.25) is 9.69 Å². The molecule has 0 aliphatic carbocycles. The lowest BCUT2D eigenvalue weighted by Crippen LogP contribution is -2.48. The summed E-state index contributed by atoms with van der Waals surface area (Å²) in [7, 11) is 0. The SMILES string of the molecule is CC(C)COc1ccccc1CN1CCC2(CC1)CCN(C(=O)c1cccc(C(=O)OCc3ccccc3)c1)CC2. The molecule has 216 valence electrons. The number of para-hydroxylation sites is 1. The van der Waals surface area contributed by atoms with Crippen molar-refractivity contribution in [1.82, 2.24) is 9.80 Å². The van der Waals surface area contributed by atoms with E-state index in [4.69, 9.17) is 9.47 Å². The van der Waals surface area contributed by atoms with Gasteiger partial charge in [0.1, 0.15) is 12.4 Å². The van der Waals surface area contributed by atoms with Crippen molar-refractivity contribution in [1.29, 1.82) is 0 Å². The number of nitrogens with zero attached hydrogens (tertiary/aromatic N) is 2. The number of ether oxygens (including phenoxy) is 2. The van der Waals surface area contributed by atoms with Crippen molar-refractivity contribution in [3.8, 4) is 5.75 Å². The Kier molecular flexibility index (Phi) is 9.40. The second-order valence-electron chi connectivity index (χ2n) is 12.0. The van der Waals surface area contributed by atoms with Crippen LogP contribution < -0.4 is 4.74 Å². The third-order valence-corrected chi connectivity index (χ3v) is 8.52. The van der Waals surface area contributed by atoms with Crippen LogP contribution in [0.4, 0.5) is 0 Å². The molecule has 0 saturated carbocycles. The zero-order chi connectivity index (χ0) is 28.7. The van der Waals surface area contributed by atoms with Gasteiger partial charge in [-0.05, 0) is 79.9 Å². The molecule has 1 amide bonds. The van der Waals surface area contributed by atoms with Gasteiger partial charge in [0.05, 0.1) is 12.2 Å². The Balaban J connectivity index is 1.11. The number of hydrogen-bond donors (Lipinski definition) is 0. The monoisotopic (exact) mass is 554 g/mol. The van der Waals surface area contributed by atoms with E-state index in [9.17, 15) is 9.59 Å². The van der Waals surface area contributed by atoms with Gasteiger partial charge in [0, 0.05) is 30.8 Å². The van der Waals surface area contributed by atoms with Gasteiger partial charge in [-0.15, -0.1) is 0 Å². The lowest BCUT2D eigenvalue weighted by atomic mass is 9.71. The number of carbonyl (C=O) groups is 2. The summed E-state index contributed by atoms with van der Waals surface area (Å²) in [5.74, 6) is 1.08. The molecule has 0 bridgehead atoms. The smallest absolute Gasteiger partial charge is 0.338 e. The molecule has 0 aromatic heterocycles. The molecule has 2 heterocycles. The van der Waals surface area contributed by atoms with Crippen molar-refractivity contribution < 1.29 is 19.1 Å². The van der Waals surface area contributed by atoms with E-state index in [0.29, 0.717) is 22.5 Å². The predicted molar refractivity (Wildman–Crippen MR) is 161 cm³/mol. The number of benzene rings is 3. The fourth-order valence-corrected chi connectivity index (χ4v) is 5.91. The summed E-state index contributed by atoms with van der Waals surface area (Å²) in [5, 5.41) is 0. The Morgan fingerprint density at radius 3 is 2.20 bits per heavy atom. The zero-order valence-electron chi connectivity index (χ0n) is 24.4. The summed E-state index contributed by atoms with van der Waals surface area (Å²) in [6.07, 6.45) is 4.37. The third kappa shape index (κ3) is 7.56. The van der Waals surface area contributed by atoms with Gasteiger partial charge in [-0.1, -0.05) is 68.4 Å². The van der Waals surface area contributed by atoms with Crippen molar-refractivity contribution in [3.05, 3.63) is 101 Å².